The molecular weight excluding hydrogens is 328 g/mol. The summed E-state index contributed by atoms with van der Waals surface area (Å²) < 4.78 is 1.83. The van der Waals surface area contributed by atoms with Gasteiger partial charge in [0, 0.05) is 24.2 Å². The van der Waals surface area contributed by atoms with E-state index in [1.54, 1.807) is 6.20 Å². The van der Waals surface area contributed by atoms with E-state index < -0.39 is 0 Å². The Balaban J connectivity index is 1.96. The van der Waals surface area contributed by atoms with E-state index in [0.717, 1.165) is 35.9 Å². The van der Waals surface area contributed by atoms with Gasteiger partial charge in [-0.3, -0.25) is 0 Å². The average Bonchev–Trinajstić information content (AvgIpc) is 3.09. The maximum Gasteiger partial charge on any atom is 0.201 e. The summed E-state index contributed by atoms with van der Waals surface area (Å²) in [6, 6.07) is 6.18. The molecule has 0 amide bonds. The SMILES string of the molecule is CCC(CC)Nc1cc(NCc2cccnn2)c2nnc(C(C)C)n2n1. The molecule has 0 fully saturated rings. The third kappa shape index (κ3) is 3.89. The topological polar surface area (TPSA) is 92.9 Å². The highest BCUT2D eigenvalue weighted by Gasteiger charge is 2.16. The van der Waals surface area contributed by atoms with Gasteiger partial charge in [0.05, 0.1) is 17.9 Å². The number of fused-ring (bicyclic) bond motifs is 1. The van der Waals surface area contributed by atoms with Crippen LogP contribution in [0.25, 0.3) is 5.65 Å². The van der Waals surface area contributed by atoms with Crippen molar-refractivity contribution in [2.45, 2.75) is 59.0 Å². The van der Waals surface area contributed by atoms with Crippen molar-refractivity contribution in [3.8, 4) is 0 Å². The van der Waals surface area contributed by atoms with Gasteiger partial charge in [0.1, 0.15) is 5.82 Å². The number of nitrogens with zero attached hydrogens (tertiary/aromatic N) is 6. The summed E-state index contributed by atoms with van der Waals surface area (Å²) in [5, 5.41) is 28.3. The lowest BCUT2D eigenvalue weighted by atomic mass is 10.2. The molecule has 0 radical (unpaired) electrons. The standard InChI is InChI=1S/C18H26N8/c1-5-13(6-2)21-16-10-15(19-11-14-8-7-9-20-22-14)18-24-23-17(12(3)4)26(18)25-16/h7-10,12-13,19H,5-6,11H2,1-4H3,(H,21,25). The highest BCUT2D eigenvalue weighted by atomic mass is 15.4. The minimum Gasteiger partial charge on any atom is -0.376 e. The van der Waals surface area contributed by atoms with Crippen LogP contribution in [-0.4, -0.2) is 36.1 Å². The lowest BCUT2D eigenvalue weighted by molar-refractivity contribution is 0.661. The van der Waals surface area contributed by atoms with Gasteiger partial charge in [-0.25, -0.2) is 0 Å². The van der Waals surface area contributed by atoms with Crippen LogP contribution in [0, 0.1) is 0 Å². The summed E-state index contributed by atoms with van der Waals surface area (Å²) in [5.74, 6) is 1.89. The van der Waals surface area contributed by atoms with Gasteiger partial charge in [0.15, 0.2) is 5.82 Å². The zero-order valence-electron chi connectivity index (χ0n) is 15.8. The van der Waals surface area contributed by atoms with Crippen LogP contribution in [0.1, 0.15) is 58.0 Å². The highest BCUT2D eigenvalue weighted by molar-refractivity contribution is 5.70. The van der Waals surface area contributed by atoms with E-state index in [9.17, 15) is 0 Å². The van der Waals surface area contributed by atoms with Crippen molar-refractivity contribution < 1.29 is 0 Å². The van der Waals surface area contributed by atoms with E-state index >= 15 is 0 Å². The second-order valence-electron chi connectivity index (χ2n) is 6.62. The molecule has 26 heavy (non-hydrogen) atoms. The van der Waals surface area contributed by atoms with E-state index in [-0.39, 0.29) is 5.92 Å². The molecule has 0 unspecified atom stereocenters. The fraction of sp³-hybridized carbons (Fsp3) is 0.500. The molecule has 0 saturated carbocycles. The molecule has 0 saturated heterocycles. The Morgan fingerprint density at radius 2 is 1.92 bits per heavy atom. The van der Waals surface area contributed by atoms with E-state index in [4.69, 9.17) is 5.10 Å². The van der Waals surface area contributed by atoms with Gasteiger partial charge in [-0.1, -0.05) is 27.7 Å². The molecule has 3 heterocycles. The summed E-state index contributed by atoms with van der Waals surface area (Å²) in [5.41, 5.74) is 2.45. The number of aromatic nitrogens is 6. The molecule has 8 nitrogen and oxygen atoms in total. The second kappa shape index (κ2) is 8.07. The zero-order valence-corrected chi connectivity index (χ0v) is 15.8. The quantitative estimate of drug-likeness (QED) is 0.641. The lowest BCUT2D eigenvalue weighted by Gasteiger charge is -2.17. The molecule has 0 aliphatic heterocycles. The molecule has 0 aliphatic carbocycles. The van der Waals surface area contributed by atoms with Crippen LogP contribution in [-0.2, 0) is 6.54 Å². The van der Waals surface area contributed by atoms with Gasteiger partial charge in [-0.2, -0.15) is 14.7 Å². The fourth-order valence-corrected chi connectivity index (χ4v) is 2.77. The van der Waals surface area contributed by atoms with Crippen LogP contribution in [0.3, 0.4) is 0 Å². The van der Waals surface area contributed by atoms with Gasteiger partial charge in [0.25, 0.3) is 0 Å². The van der Waals surface area contributed by atoms with Gasteiger partial charge >= 0.3 is 0 Å². The third-order valence-corrected chi connectivity index (χ3v) is 4.34. The van der Waals surface area contributed by atoms with Crippen LogP contribution in [0.2, 0.25) is 0 Å². The first kappa shape index (κ1) is 18.0. The number of rotatable bonds is 8. The van der Waals surface area contributed by atoms with E-state index in [2.05, 4.69) is 58.7 Å². The molecule has 0 aliphatic rings. The first-order valence-corrected chi connectivity index (χ1v) is 9.15. The van der Waals surface area contributed by atoms with Crippen molar-refractivity contribution >= 4 is 17.2 Å². The average molecular weight is 354 g/mol. The number of nitrogens with one attached hydrogen (secondary N) is 2. The van der Waals surface area contributed by atoms with Crippen LogP contribution in [0.4, 0.5) is 11.5 Å². The molecular formula is C18H26N8. The Morgan fingerprint density at radius 3 is 2.58 bits per heavy atom. The predicted octanol–water partition coefficient (Wildman–Crippen LogP) is 3.25. The van der Waals surface area contributed by atoms with Gasteiger partial charge in [0.2, 0.25) is 5.65 Å². The minimum atomic E-state index is 0.230. The first-order chi connectivity index (χ1) is 12.6. The normalized spacial score (nSPS) is 11.5. The van der Waals surface area contributed by atoms with Crippen LogP contribution in [0.5, 0.6) is 0 Å². The van der Waals surface area contributed by atoms with Gasteiger partial charge in [-0.05, 0) is 25.0 Å². The Hall–Kier alpha value is -2.77. The minimum absolute atomic E-state index is 0.230. The molecule has 0 atom stereocenters. The van der Waals surface area contributed by atoms with Crippen molar-refractivity contribution in [1.29, 1.82) is 0 Å². The van der Waals surface area contributed by atoms with Crippen molar-refractivity contribution in [2.24, 2.45) is 0 Å². The summed E-state index contributed by atoms with van der Waals surface area (Å²) in [7, 11) is 0. The van der Waals surface area contributed by atoms with Crippen LogP contribution < -0.4 is 10.6 Å². The van der Waals surface area contributed by atoms with E-state index in [1.807, 2.05) is 22.7 Å². The Morgan fingerprint density at radius 1 is 1.12 bits per heavy atom. The molecule has 8 heteroatoms. The fourth-order valence-electron chi connectivity index (χ4n) is 2.77. The maximum absolute atomic E-state index is 4.72. The summed E-state index contributed by atoms with van der Waals surface area (Å²) in [6.07, 6.45) is 3.74. The molecule has 3 aromatic rings. The molecule has 0 spiro atoms. The van der Waals surface area contributed by atoms with E-state index in [1.165, 1.54) is 0 Å². The lowest BCUT2D eigenvalue weighted by Crippen LogP contribution is -2.19. The monoisotopic (exact) mass is 354 g/mol. The summed E-state index contributed by atoms with van der Waals surface area (Å²) in [4.78, 5) is 0. The molecule has 0 bridgehead atoms. The molecule has 0 aromatic carbocycles. The first-order valence-electron chi connectivity index (χ1n) is 9.15. The number of anilines is 2. The van der Waals surface area contributed by atoms with Gasteiger partial charge in [-0.15, -0.1) is 15.3 Å². The molecule has 3 aromatic heterocycles. The molecule has 3 rings (SSSR count). The van der Waals surface area contributed by atoms with Crippen molar-refractivity contribution in [3.63, 3.8) is 0 Å². The number of hydrogen-bond acceptors (Lipinski definition) is 7. The second-order valence-corrected chi connectivity index (χ2v) is 6.62. The van der Waals surface area contributed by atoms with Gasteiger partial charge < -0.3 is 10.6 Å². The van der Waals surface area contributed by atoms with Crippen molar-refractivity contribution in [3.05, 3.63) is 35.9 Å². The maximum atomic E-state index is 4.72. The van der Waals surface area contributed by atoms with Crippen LogP contribution in [0.15, 0.2) is 24.4 Å². The molecule has 2 N–H and O–H groups in total. The molecule has 138 valence electrons. The van der Waals surface area contributed by atoms with E-state index in [0.29, 0.717) is 18.2 Å². The third-order valence-electron chi connectivity index (χ3n) is 4.34. The Kier molecular flexibility index (Phi) is 5.60. The van der Waals surface area contributed by atoms with Crippen molar-refractivity contribution in [1.82, 2.24) is 30.0 Å². The van der Waals surface area contributed by atoms with Crippen LogP contribution >= 0.6 is 0 Å². The largest absolute Gasteiger partial charge is 0.376 e. The summed E-state index contributed by atoms with van der Waals surface area (Å²) in [6.45, 7) is 9.08. The number of hydrogen-bond donors (Lipinski definition) is 2. The summed E-state index contributed by atoms with van der Waals surface area (Å²) >= 11 is 0. The Labute approximate surface area is 153 Å². The predicted molar refractivity (Wildman–Crippen MR) is 102 cm³/mol. The highest BCUT2D eigenvalue weighted by Crippen LogP contribution is 2.23. The Bertz CT molecular complexity index is 839. The van der Waals surface area contributed by atoms with Crippen molar-refractivity contribution in [2.75, 3.05) is 10.6 Å². The smallest absolute Gasteiger partial charge is 0.201 e. The zero-order chi connectivity index (χ0) is 18.5.